The van der Waals surface area contributed by atoms with Crippen LogP contribution in [0.2, 0.25) is 0 Å². The number of halogens is 1. The van der Waals surface area contributed by atoms with Crippen molar-refractivity contribution in [2.75, 3.05) is 50.8 Å². The molecule has 10 heteroatoms. The third-order valence-electron chi connectivity index (χ3n) is 6.25. The maximum atomic E-state index is 13.0. The van der Waals surface area contributed by atoms with Crippen LogP contribution in [0, 0.1) is 5.82 Å². The van der Waals surface area contributed by atoms with Gasteiger partial charge in [0.1, 0.15) is 5.82 Å². The van der Waals surface area contributed by atoms with E-state index >= 15 is 0 Å². The SMILES string of the molecule is O=C(COC(=O)c1ccc(N2C(=O)CC(N3CCN(CCO)CC3)C2=O)cc1)c1ccc(F)cc1. The van der Waals surface area contributed by atoms with Gasteiger partial charge in [0.15, 0.2) is 12.4 Å². The minimum Gasteiger partial charge on any atom is -0.454 e. The number of ether oxygens (including phenoxy) is 1. The number of hydrogen-bond acceptors (Lipinski definition) is 8. The summed E-state index contributed by atoms with van der Waals surface area (Å²) in [4.78, 5) is 55.3. The number of carbonyl (C=O) groups excluding carboxylic acids is 4. The van der Waals surface area contributed by atoms with Crippen molar-refractivity contribution in [2.24, 2.45) is 0 Å². The van der Waals surface area contributed by atoms with Gasteiger partial charge in [0.25, 0.3) is 5.91 Å². The van der Waals surface area contributed by atoms with Crippen LogP contribution in [0.3, 0.4) is 0 Å². The quantitative estimate of drug-likeness (QED) is 0.338. The number of esters is 1. The molecule has 1 atom stereocenters. The lowest BCUT2D eigenvalue weighted by Crippen LogP contribution is -2.52. The lowest BCUT2D eigenvalue weighted by Gasteiger charge is -2.36. The lowest BCUT2D eigenvalue weighted by molar-refractivity contribution is -0.123. The molecule has 1 unspecified atom stereocenters. The second-order valence-electron chi connectivity index (χ2n) is 8.44. The Morgan fingerprint density at radius 3 is 2.20 bits per heavy atom. The summed E-state index contributed by atoms with van der Waals surface area (Å²) in [5, 5.41) is 9.08. The fourth-order valence-electron chi connectivity index (χ4n) is 4.29. The predicted molar refractivity (Wildman–Crippen MR) is 123 cm³/mol. The first-order chi connectivity index (χ1) is 16.9. The fourth-order valence-corrected chi connectivity index (χ4v) is 4.29. The maximum absolute atomic E-state index is 13.0. The topological polar surface area (TPSA) is 107 Å². The van der Waals surface area contributed by atoms with Crippen molar-refractivity contribution in [3.8, 4) is 0 Å². The molecule has 0 radical (unpaired) electrons. The van der Waals surface area contributed by atoms with Crippen molar-refractivity contribution in [3.05, 3.63) is 65.5 Å². The number of amides is 2. The van der Waals surface area contributed by atoms with E-state index in [9.17, 15) is 23.6 Å². The normalized spacial score (nSPS) is 19.3. The van der Waals surface area contributed by atoms with E-state index in [1.165, 1.54) is 36.4 Å². The zero-order valence-electron chi connectivity index (χ0n) is 19.1. The number of aliphatic hydroxyl groups is 1. The van der Waals surface area contributed by atoms with E-state index in [1.54, 1.807) is 0 Å². The first-order valence-corrected chi connectivity index (χ1v) is 11.4. The molecule has 4 rings (SSSR count). The molecule has 0 saturated carbocycles. The number of rotatable bonds is 8. The fraction of sp³-hybridized carbons (Fsp3) is 0.360. The van der Waals surface area contributed by atoms with Gasteiger partial charge in [-0.1, -0.05) is 0 Å². The highest BCUT2D eigenvalue weighted by Gasteiger charge is 2.43. The smallest absolute Gasteiger partial charge is 0.338 e. The van der Waals surface area contributed by atoms with Gasteiger partial charge < -0.3 is 9.84 Å². The molecular weight excluding hydrogens is 457 g/mol. The van der Waals surface area contributed by atoms with Gasteiger partial charge in [0.05, 0.1) is 30.3 Å². The number of nitrogens with zero attached hydrogens (tertiary/aromatic N) is 3. The van der Waals surface area contributed by atoms with Crippen LogP contribution >= 0.6 is 0 Å². The highest BCUT2D eigenvalue weighted by atomic mass is 19.1. The van der Waals surface area contributed by atoms with E-state index in [1.807, 2.05) is 4.90 Å². The summed E-state index contributed by atoms with van der Waals surface area (Å²) < 4.78 is 18.0. The molecule has 184 valence electrons. The Labute approximate surface area is 201 Å². The number of carbonyl (C=O) groups is 4. The van der Waals surface area contributed by atoms with E-state index in [0.717, 1.165) is 30.1 Å². The Balaban J connectivity index is 1.34. The summed E-state index contributed by atoms with van der Waals surface area (Å²) in [5.74, 6) is -2.28. The Morgan fingerprint density at radius 2 is 1.57 bits per heavy atom. The van der Waals surface area contributed by atoms with Gasteiger partial charge in [-0.25, -0.2) is 14.1 Å². The minimum absolute atomic E-state index is 0.0860. The van der Waals surface area contributed by atoms with Crippen LogP contribution in [0.15, 0.2) is 48.5 Å². The number of imide groups is 1. The number of piperazine rings is 1. The second kappa shape index (κ2) is 10.9. The Kier molecular flexibility index (Phi) is 7.64. The van der Waals surface area contributed by atoms with Crippen molar-refractivity contribution >= 4 is 29.3 Å². The molecule has 0 bridgehead atoms. The number of anilines is 1. The van der Waals surface area contributed by atoms with E-state index in [0.29, 0.717) is 25.3 Å². The molecule has 2 heterocycles. The van der Waals surface area contributed by atoms with Crippen molar-refractivity contribution in [3.63, 3.8) is 0 Å². The van der Waals surface area contributed by atoms with Crippen LogP contribution < -0.4 is 4.90 Å². The lowest BCUT2D eigenvalue weighted by atomic mass is 10.1. The largest absolute Gasteiger partial charge is 0.454 e. The van der Waals surface area contributed by atoms with Crippen LogP contribution in [-0.2, 0) is 14.3 Å². The number of hydrogen-bond donors (Lipinski definition) is 1. The van der Waals surface area contributed by atoms with Gasteiger partial charge in [-0.2, -0.15) is 0 Å². The summed E-state index contributed by atoms with van der Waals surface area (Å²) in [7, 11) is 0. The molecule has 2 aromatic carbocycles. The molecule has 2 fully saturated rings. The molecule has 0 aliphatic carbocycles. The van der Waals surface area contributed by atoms with E-state index < -0.39 is 30.2 Å². The van der Waals surface area contributed by atoms with Crippen molar-refractivity contribution in [1.82, 2.24) is 9.80 Å². The van der Waals surface area contributed by atoms with Crippen LogP contribution in [-0.4, -0.2) is 90.5 Å². The van der Waals surface area contributed by atoms with Crippen LogP contribution in [0.25, 0.3) is 0 Å². The molecule has 2 aliphatic heterocycles. The van der Waals surface area contributed by atoms with Gasteiger partial charge in [0, 0.05) is 38.3 Å². The van der Waals surface area contributed by atoms with Gasteiger partial charge in [-0.3, -0.25) is 24.2 Å². The van der Waals surface area contributed by atoms with Crippen molar-refractivity contribution < 1.29 is 33.4 Å². The van der Waals surface area contributed by atoms with Crippen molar-refractivity contribution in [1.29, 1.82) is 0 Å². The summed E-state index contributed by atoms with van der Waals surface area (Å²) in [5.41, 5.74) is 0.752. The van der Waals surface area contributed by atoms with Gasteiger partial charge in [-0.05, 0) is 48.5 Å². The van der Waals surface area contributed by atoms with Gasteiger partial charge >= 0.3 is 5.97 Å². The van der Waals surface area contributed by atoms with Gasteiger partial charge in [-0.15, -0.1) is 0 Å². The molecule has 2 aromatic rings. The molecule has 0 spiro atoms. The number of β-amino-alcohol motifs (C(OH)–C–C–N with tert-alkyl or cyclic N) is 1. The minimum atomic E-state index is -0.732. The molecule has 2 saturated heterocycles. The molecule has 9 nitrogen and oxygen atoms in total. The van der Waals surface area contributed by atoms with E-state index in [2.05, 4.69) is 4.90 Å². The number of Topliss-reactive ketones (excluding diaryl/α,β-unsaturated/α-hetero) is 1. The summed E-state index contributed by atoms with van der Waals surface area (Å²) in [6, 6.07) is 10.3. The molecular formula is C25H26FN3O6. The Bertz CT molecular complexity index is 1100. The monoisotopic (exact) mass is 483 g/mol. The molecule has 0 aromatic heterocycles. The van der Waals surface area contributed by atoms with E-state index in [4.69, 9.17) is 9.84 Å². The highest BCUT2D eigenvalue weighted by molar-refractivity contribution is 6.22. The second-order valence-corrected chi connectivity index (χ2v) is 8.44. The third kappa shape index (κ3) is 5.61. The highest BCUT2D eigenvalue weighted by Crippen LogP contribution is 2.27. The Hall–Kier alpha value is -3.47. The average molecular weight is 483 g/mol. The maximum Gasteiger partial charge on any atom is 0.338 e. The number of benzene rings is 2. The standard InChI is InChI=1S/C25H26FN3O6/c26-19-5-1-17(2-6-19)22(31)16-35-25(34)18-3-7-20(8-4-18)29-23(32)15-21(24(29)33)28-11-9-27(10-12-28)13-14-30/h1-8,21,30H,9-16H2. The van der Waals surface area contributed by atoms with Crippen LogP contribution in [0.1, 0.15) is 27.1 Å². The van der Waals surface area contributed by atoms with Gasteiger partial charge in [0.2, 0.25) is 5.91 Å². The summed E-state index contributed by atoms with van der Waals surface area (Å²) in [6.07, 6.45) is 0.0914. The molecule has 35 heavy (non-hydrogen) atoms. The first kappa shape index (κ1) is 24.6. The molecule has 1 N–H and O–H groups in total. The van der Waals surface area contributed by atoms with E-state index in [-0.39, 0.29) is 36.0 Å². The number of aliphatic hydroxyl groups excluding tert-OH is 1. The summed E-state index contributed by atoms with van der Waals surface area (Å²) >= 11 is 0. The van der Waals surface area contributed by atoms with Crippen molar-refractivity contribution in [2.45, 2.75) is 12.5 Å². The zero-order chi connectivity index (χ0) is 24.9. The molecule has 2 aliphatic rings. The molecule has 2 amide bonds. The van der Waals surface area contributed by atoms with Crippen LogP contribution in [0.4, 0.5) is 10.1 Å². The third-order valence-corrected chi connectivity index (χ3v) is 6.25. The number of ketones is 1. The Morgan fingerprint density at radius 1 is 0.943 bits per heavy atom. The predicted octanol–water partition coefficient (Wildman–Crippen LogP) is 1.11. The zero-order valence-corrected chi connectivity index (χ0v) is 19.1. The first-order valence-electron chi connectivity index (χ1n) is 11.4. The summed E-state index contributed by atoms with van der Waals surface area (Å²) in [6.45, 7) is 2.90. The average Bonchev–Trinajstić information content (AvgIpc) is 3.17. The van der Waals surface area contributed by atoms with Crippen LogP contribution in [0.5, 0.6) is 0 Å².